The number of thioether (sulfide) groups is 1. The number of hydrogen-bond acceptors (Lipinski definition) is 5. The van der Waals surface area contributed by atoms with Crippen LogP contribution in [-0.4, -0.2) is 33.6 Å². The van der Waals surface area contributed by atoms with Crippen molar-refractivity contribution in [1.29, 1.82) is 0 Å². The minimum Gasteiger partial charge on any atom is -0.489 e. The van der Waals surface area contributed by atoms with Gasteiger partial charge in [0.15, 0.2) is 5.44 Å². The molecule has 3 aromatic carbocycles. The summed E-state index contributed by atoms with van der Waals surface area (Å²) in [6.45, 7) is 4.29. The van der Waals surface area contributed by atoms with Crippen LogP contribution < -0.4 is 9.47 Å². The van der Waals surface area contributed by atoms with Crippen molar-refractivity contribution in [3.05, 3.63) is 89.1 Å². The van der Waals surface area contributed by atoms with E-state index in [2.05, 4.69) is 13.0 Å². The normalized spacial score (nSPS) is 14.6. The Morgan fingerprint density at radius 2 is 1.85 bits per heavy atom. The van der Waals surface area contributed by atoms with Crippen LogP contribution in [0.2, 0.25) is 0 Å². The third-order valence-electron chi connectivity index (χ3n) is 5.77. The molecule has 1 aliphatic rings. The summed E-state index contributed by atoms with van der Waals surface area (Å²) in [5.41, 5.74) is 3.74. The van der Waals surface area contributed by atoms with Crippen molar-refractivity contribution in [1.82, 2.24) is 4.57 Å². The summed E-state index contributed by atoms with van der Waals surface area (Å²) in [4.78, 5) is 25.6. The maximum absolute atomic E-state index is 13.3. The van der Waals surface area contributed by atoms with Gasteiger partial charge in [0.05, 0.1) is 16.8 Å². The number of aromatic nitrogens is 1. The largest absolute Gasteiger partial charge is 0.489 e. The lowest BCUT2D eigenvalue weighted by Gasteiger charge is -2.12. The Bertz CT molecular complexity index is 1410. The minimum absolute atomic E-state index is 0.0886. The van der Waals surface area contributed by atoms with E-state index in [0.29, 0.717) is 29.0 Å². The van der Waals surface area contributed by atoms with Crippen molar-refractivity contribution in [2.75, 3.05) is 6.61 Å². The number of rotatable bonds is 6. The van der Waals surface area contributed by atoms with Crippen molar-refractivity contribution in [3.8, 4) is 11.5 Å². The van der Waals surface area contributed by atoms with Gasteiger partial charge in [-0.1, -0.05) is 30.0 Å². The van der Waals surface area contributed by atoms with Crippen molar-refractivity contribution < 1.29 is 24.2 Å². The number of benzene rings is 3. The highest BCUT2D eigenvalue weighted by molar-refractivity contribution is 8.00. The molecule has 1 atom stereocenters. The molecule has 34 heavy (non-hydrogen) atoms. The molecule has 0 spiro atoms. The molecule has 1 N–H and O–H groups in total. The van der Waals surface area contributed by atoms with Gasteiger partial charge in [0.1, 0.15) is 18.1 Å². The average molecular weight is 474 g/mol. The van der Waals surface area contributed by atoms with Gasteiger partial charge in [-0.05, 0) is 73.5 Å². The Morgan fingerprint density at radius 1 is 1.06 bits per heavy atom. The Balaban J connectivity index is 1.29. The molecule has 0 fully saturated rings. The summed E-state index contributed by atoms with van der Waals surface area (Å²) in [6, 6.07) is 20.4. The first-order valence-electron chi connectivity index (χ1n) is 10.9. The molecular weight excluding hydrogens is 450 g/mol. The lowest BCUT2D eigenvalue weighted by molar-refractivity contribution is -0.136. The first-order valence-corrected chi connectivity index (χ1v) is 11.8. The number of carboxylic acids is 1. The third-order valence-corrected chi connectivity index (χ3v) is 6.84. The van der Waals surface area contributed by atoms with Gasteiger partial charge < -0.3 is 14.6 Å². The van der Waals surface area contributed by atoms with Crippen LogP contribution in [0.25, 0.3) is 10.9 Å². The van der Waals surface area contributed by atoms with Gasteiger partial charge in [0, 0.05) is 16.6 Å². The van der Waals surface area contributed by atoms with Crippen molar-refractivity contribution in [3.63, 3.8) is 0 Å². The zero-order valence-corrected chi connectivity index (χ0v) is 19.6. The zero-order valence-electron chi connectivity index (χ0n) is 18.8. The Labute approximate surface area is 201 Å². The van der Waals surface area contributed by atoms with E-state index in [4.69, 9.17) is 9.47 Å². The molecule has 5 rings (SSSR count). The van der Waals surface area contributed by atoms with Crippen LogP contribution in [0.15, 0.2) is 71.6 Å². The molecule has 0 saturated carbocycles. The summed E-state index contributed by atoms with van der Waals surface area (Å²) in [5, 5.41) is 9.97. The van der Waals surface area contributed by atoms with E-state index in [1.807, 2.05) is 31.2 Å². The second-order valence-electron chi connectivity index (χ2n) is 8.30. The van der Waals surface area contributed by atoms with Crippen LogP contribution in [0.5, 0.6) is 11.5 Å². The van der Waals surface area contributed by atoms with Gasteiger partial charge in [0.25, 0.3) is 5.91 Å². The van der Waals surface area contributed by atoms with Crippen molar-refractivity contribution in [2.24, 2.45) is 0 Å². The number of nitrogens with zero attached hydrogens (tertiary/aromatic N) is 1. The maximum atomic E-state index is 13.3. The first-order chi connectivity index (χ1) is 16.4. The van der Waals surface area contributed by atoms with Crippen molar-refractivity contribution >= 4 is 34.5 Å². The number of carbonyl (C=O) groups is 2. The summed E-state index contributed by atoms with van der Waals surface area (Å²) >= 11 is 1.64. The zero-order chi connectivity index (χ0) is 23.8. The van der Waals surface area contributed by atoms with Gasteiger partial charge in [-0.3, -0.25) is 14.2 Å². The van der Waals surface area contributed by atoms with E-state index in [1.54, 1.807) is 52.7 Å². The van der Waals surface area contributed by atoms with Gasteiger partial charge in [0.2, 0.25) is 0 Å². The molecule has 6 nitrogen and oxygen atoms in total. The monoisotopic (exact) mass is 473 g/mol. The highest BCUT2D eigenvalue weighted by atomic mass is 32.2. The minimum atomic E-state index is -0.903. The van der Waals surface area contributed by atoms with Crippen LogP contribution >= 0.6 is 11.8 Å². The van der Waals surface area contributed by atoms with Crippen molar-refractivity contribution in [2.45, 2.75) is 30.6 Å². The fraction of sp³-hybridized carbons (Fsp3) is 0.185. The molecule has 0 bridgehead atoms. The molecule has 2 heterocycles. The summed E-state index contributed by atoms with van der Waals surface area (Å²) in [7, 11) is 0. The Kier molecular flexibility index (Phi) is 5.79. The van der Waals surface area contributed by atoms with E-state index in [0.717, 1.165) is 21.7 Å². The second kappa shape index (κ2) is 8.91. The van der Waals surface area contributed by atoms with Gasteiger partial charge >= 0.3 is 5.97 Å². The molecule has 0 saturated heterocycles. The van der Waals surface area contributed by atoms with E-state index in [-0.39, 0.29) is 17.8 Å². The van der Waals surface area contributed by atoms with E-state index < -0.39 is 5.97 Å². The molecule has 172 valence electrons. The Morgan fingerprint density at radius 3 is 2.62 bits per heavy atom. The van der Waals surface area contributed by atoms with Crippen LogP contribution in [-0.2, 0) is 11.2 Å². The van der Waals surface area contributed by atoms with Gasteiger partial charge in [-0.2, -0.15) is 0 Å². The molecule has 4 aromatic rings. The third kappa shape index (κ3) is 4.26. The highest BCUT2D eigenvalue weighted by Crippen LogP contribution is 2.41. The standard InChI is InChI=1S/C27H23NO5S/c1-16-6-11-23-24(12-16)34-26(33-23)15-32-20-9-7-18(8-10-20)27(31)28-17(2)13-21-19(14-25(29)30)4-3-5-22(21)28/h3-13,26H,14-15H2,1-2H3,(H,29,30). The molecule has 0 aliphatic carbocycles. The molecule has 0 amide bonds. The molecule has 7 heteroatoms. The maximum Gasteiger partial charge on any atom is 0.307 e. The van der Waals surface area contributed by atoms with Crippen LogP contribution in [0.3, 0.4) is 0 Å². The molecule has 0 radical (unpaired) electrons. The number of aliphatic carboxylic acids is 1. The lowest BCUT2D eigenvalue weighted by atomic mass is 10.1. The second-order valence-corrected chi connectivity index (χ2v) is 9.50. The summed E-state index contributed by atoms with van der Waals surface area (Å²) in [6.07, 6.45) is -0.0886. The SMILES string of the molecule is Cc1ccc2c(c1)SC(COc1ccc(C(=O)n3c(C)cc4c(CC(=O)O)cccc43)cc1)O2. The molecule has 1 unspecified atom stereocenters. The predicted molar refractivity (Wildman–Crippen MR) is 131 cm³/mol. The molecular formula is C27H23NO5S. The van der Waals surface area contributed by atoms with Crippen LogP contribution in [0, 0.1) is 13.8 Å². The quantitative estimate of drug-likeness (QED) is 0.401. The molecule has 1 aliphatic heterocycles. The number of carboxylic acid groups (broad SMARTS) is 1. The van der Waals surface area contributed by atoms with Gasteiger partial charge in [-0.15, -0.1) is 0 Å². The average Bonchev–Trinajstić information content (AvgIpc) is 3.37. The summed E-state index contributed by atoms with van der Waals surface area (Å²) < 4.78 is 13.5. The smallest absolute Gasteiger partial charge is 0.307 e. The lowest BCUT2D eigenvalue weighted by Crippen LogP contribution is -2.17. The number of ether oxygens (including phenoxy) is 2. The topological polar surface area (TPSA) is 77.8 Å². The van der Waals surface area contributed by atoms with E-state index >= 15 is 0 Å². The highest BCUT2D eigenvalue weighted by Gasteiger charge is 2.24. The Hall–Kier alpha value is -3.71. The number of fused-ring (bicyclic) bond motifs is 2. The van der Waals surface area contributed by atoms with E-state index in [1.165, 1.54) is 5.56 Å². The van der Waals surface area contributed by atoms with Gasteiger partial charge in [-0.25, -0.2) is 0 Å². The first kappa shape index (κ1) is 22.1. The fourth-order valence-corrected chi connectivity index (χ4v) is 5.24. The summed E-state index contributed by atoms with van der Waals surface area (Å²) in [5.74, 6) is 0.462. The predicted octanol–water partition coefficient (Wildman–Crippen LogP) is 5.46. The fourth-order valence-electron chi connectivity index (χ4n) is 4.18. The van der Waals surface area contributed by atoms with E-state index in [9.17, 15) is 14.7 Å². The number of aryl methyl sites for hydroxylation is 2. The van der Waals surface area contributed by atoms with Crippen LogP contribution in [0.1, 0.15) is 27.2 Å². The number of carbonyl (C=O) groups excluding carboxylic acids is 1. The van der Waals surface area contributed by atoms with Crippen LogP contribution in [0.4, 0.5) is 0 Å². The molecule has 1 aromatic heterocycles. The number of hydrogen-bond donors (Lipinski definition) is 1.